The van der Waals surface area contributed by atoms with Gasteiger partial charge in [0.1, 0.15) is 6.42 Å². The molecule has 0 aromatic heterocycles. The number of hydrogen-bond donors (Lipinski definition) is 2. The summed E-state index contributed by atoms with van der Waals surface area (Å²) in [5, 5.41) is 7.91. The molecule has 0 aliphatic carbocycles. The van der Waals surface area contributed by atoms with Gasteiger partial charge >= 0.3 is 0 Å². The second-order valence-electron chi connectivity index (χ2n) is 1.15. The lowest BCUT2D eigenvalue weighted by molar-refractivity contribution is -0.123. The van der Waals surface area contributed by atoms with E-state index in [1.54, 1.807) is 6.07 Å². The Morgan fingerprint density at radius 2 is 2.44 bits per heavy atom. The number of hydrogen-bond acceptors (Lipinski definition) is 3. The summed E-state index contributed by atoms with van der Waals surface area (Å²) in [6.45, 7) is 0. The largest absolute Gasteiger partial charge is 0.277 e. The molecular formula is C4H5N3O2. The van der Waals surface area contributed by atoms with Crippen molar-refractivity contribution in [3.63, 3.8) is 0 Å². The average Bonchev–Trinajstić information content (AvgIpc) is 1.85. The summed E-state index contributed by atoms with van der Waals surface area (Å²) < 4.78 is 0. The van der Waals surface area contributed by atoms with Crippen LogP contribution in [0.25, 0.3) is 0 Å². The van der Waals surface area contributed by atoms with Crippen LogP contribution in [0.3, 0.4) is 0 Å². The minimum Gasteiger partial charge on any atom is -0.277 e. The Labute approximate surface area is 51.6 Å². The van der Waals surface area contributed by atoms with Gasteiger partial charge in [0.15, 0.2) is 0 Å². The molecule has 0 rings (SSSR count). The van der Waals surface area contributed by atoms with Crippen molar-refractivity contribution in [3.05, 3.63) is 0 Å². The van der Waals surface area contributed by atoms with E-state index in [2.05, 4.69) is 0 Å². The molecule has 0 atom stereocenters. The monoisotopic (exact) mass is 127 g/mol. The van der Waals surface area contributed by atoms with E-state index in [4.69, 9.17) is 5.26 Å². The number of carbonyl (C=O) groups excluding carboxylic acids is 2. The molecule has 2 amide bonds. The Bertz CT molecular complexity index is 148. The summed E-state index contributed by atoms with van der Waals surface area (Å²) in [5.74, 6) is -0.524. The van der Waals surface area contributed by atoms with Crippen LogP contribution in [-0.2, 0) is 9.59 Å². The van der Waals surface area contributed by atoms with Gasteiger partial charge in [0.2, 0.25) is 6.41 Å². The maximum Gasteiger partial charge on any atom is 0.252 e. The first-order chi connectivity index (χ1) is 4.31. The number of amides is 2. The number of nitriles is 1. The van der Waals surface area contributed by atoms with Gasteiger partial charge in [-0.15, -0.1) is 0 Å². The highest BCUT2D eigenvalue weighted by atomic mass is 16.2. The van der Waals surface area contributed by atoms with Crippen LogP contribution in [0.4, 0.5) is 0 Å². The van der Waals surface area contributed by atoms with Gasteiger partial charge in [-0.1, -0.05) is 0 Å². The second-order valence-corrected chi connectivity index (χ2v) is 1.15. The molecule has 48 valence electrons. The number of nitrogens with zero attached hydrogens (tertiary/aromatic N) is 1. The lowest BCUT2D eigenvalue weighted by Gasteiger charge is -1.95. The summed E-state index contributed by atoms with van der Waals surface area (Å²) in [4.78, 5) is 19.8. The minimum absolute atomic E-state index is 0.249. The molecule has 0 unspecified atom stereocenters. The van der Waals surface area contributed by atoms with Crippen molar-refractivity contribution in [2.45, 2.75) is 6.42 Å². The molecular weight excluding hydrogens is 122 g/mol. The topological polar surface area (TPSA) is 82.0 Å². The fourth-order valence-electron chi connectivity index (χ4n) is 0.226. The third kappa shape index (κ3) is 4.28. The molecule has 5 heteroatoms. The van der Waals surface area contributed by atoms with Crippen molar-refractivity contribution >= 4 is 12.3 Å². The molecule has 0 saturated heterocycles. The Hall–Kier alpha value is -1.57. The van der Waals surface area contributed by atoms with Gasteiger partial charge in [-0.2, -0.15) is 5.26 Å². The summed E-state index contributed by atoms with van der Waals surface area (Å²) in [7, 11) is 0. The quantitative estimate of drug-likeness (QED) is 0.364. The van der Waals surface area contributed by atoms with Gasteiger partial charge in [-0.05, 0) is 0 Å². The van der Waals surface area contributed by atoms with E-state index in [1.807, 2.05) is 10.9 Å². The van der Waals surface area contributed by atoms with Crippen molar-refractivity contribution in [1.29, 1.82) is 5.26 Å². The van der Waals surface area contributed by atoms with Crippen LogP contribution < -0.4 is 10.9 Å². The van der Waals surface area contributed by atoms with Crippen LogP contribution in [0.2, 0.25) is 0 Å². The van der Waals surface area contributed by atoms with Crippen LogP contribution in [0.1, 0.15) is 6.42 Å². The molecule has 0 heterocycles. The summed E-state index contributed by atoms with van der Waals surface area (Å²) in [6.07, 6.45) is 0.0656. The zero-order chi connectivity index (χ0) is 7.11. The fraction of sp³-hybridized carbons (Fsp3) is 0.250. The summed E-state index contributed by atoms with van der Waals surface area (Å²) >= 11 is 0. The predicted molar refractivity (Wildman–Crippen MR) is 27.6 cm³/mol. The normalized spacial score (nSPS) is 7.00. The van der Waals surface area contributed by atoms with E-state index in [9.17, 15) is 9.59 Å². The highest BCUT2D eigenvalue weighted by Gasteiger charge is 1.94. The van der Waals surface area contributed by atoms with Crippen molar-refractivity contribution in [2.24, 2.45) is 0 Å². The Balaban J connectivity index is 3.29. The predicted octanol–water partition coefficient (Wildman–Crippen LogP) is -1.32. The molecule has 0 fully saturated rings. The van der Waals surface area contributed by atoms with Crippen LogP contribution in [-0.4, -0.2) is 12.3 Å². The van der Waals surface area contributed by atoms with Crippen molar-refractivity contribution < 1.29 is 9.59 Å². The SMILES string of the molecule is N#CCC(=O)NNC=O. The van der Waals surface area contributed by atoms with Gasteiger partial charge in [-0.25, -0.2) is 0 Å². The van der Waals surface area contributed by atoms with E-state index >= 15 is 0 Å². The average molecular weight is 127 g/mol. The smallest absolute Gasteiger partial charge is 0.252 e. The van der Waals surface area contributed by atoms with Crippen molar-refractivity contribution in [2.75, 3.05) is 0 Å². The van der Waals surface area contributed by atoms with Gasteiger partial charge in [0, 0.05) is 0 Å². The molecule has 0 saturated carbocycles. The lowest BCUT2D eigenvalue weighted by Crippen LogP contribution is -2.35. The fourth-order valence-corrected chi connectivity index (χ4v) is 0.226. The Morgan fingerprint density at radius 3 is 2.89 bits per heavy atom. The van der Waals surface area contributed by atoms with Crippen molar-refractivity contribution in [1.82, 2.24) is 10.9 Å². The maximum atomic E-state index is 10.2. The standard InChI is InChI=1S/C4H5N3O2/c5-2-1-4(9)7-6-3-8/h3H,1H2,(H,6,8)(H,7,9). The number of hydrazine groups is 1. The number of carbonyl (C=O) groups is 2. The molecule has 0 aromatic carbocycles. The summed E-state index contributed by atoms with van der Waals surface area (Å²) in [5.41, 5.74) is 3.86. The zero-order valence-corrected chi connectivity index (χ0v) is 4.55. The van der Waals surface area contributed by atoms with Crippen LogP contribution in [0.5, 0.6) is 0 Å². The van der Waals surface area contributed by atoms with Gasteiger partial charge in [0.25, 0.3) is 5.91 Å². The van der Waals surface area contributed by atoms with E-state index in [-0.39, 0.29) is 6.42 Å². The Morgan fingerprint density at radius 1 is 1.78 bits per heavy atom. The van der Waals surface area contributed by atoms with Crippen LogP contribution >= 0.6 is 0 Å². The first kappa shape index (κ1) is 7.43. The highest BCUT2D eigenvalue weighted by Crippen LogP contribution is 1.69. The lowest BCUT2D eigenvalue weighted by atomic mass is 10.5. The minimum atomic E-state index is -0.524. The van der Waals surface area contributed by atoms with E-state index in [0.29, 0.717) is 6.41 Å². The zero-order valence-electron chi connectivity index (χ0n) is 4.55. The molecule has 0 aromatic rings. The molecule has 0 aliphatic rings. The van der Waals surface area contributed by atoms with Gasteiger partial charge < -0.3 is 0 Å². The second kappa shape index (κ2) is 4.59. The highest BCUT2D eigenvalue weighted by molar-refractivity contribution is 5.78. The number of nitrogens with one attached hydrogen (secondary N) is 2. The van der Waals surface area contributed by atoms with E-state index in [0.717, 1.165) is 0 Å². The van der Waals surface area contributed by atoms with Crippen molar-refractivity contribution in [3.8, 4) is 6.07 Å². The van der Waals surface area contributed by atoms with Crippen LogP contribution in [0, 0.1) is 11.3 Å². The molecule has 0 aliphatic heterocycles. The van der Waals surface area contributed by atoms with E-state index in [1.165, 1.54) is 0 Å². The first-order valence-electron chi connectivity index (χ1n) is 2.16. The third-order valence-corrected chi connectivity index (χ3v) is 0.510. The van der Waals surface area contributed by atoms with Gasteiger partial charge in [0.05, 0.1) is 6.07 Å². The molecule has 2 N–H and O–H groups in total. The van der Waals surface area contributed by atoms with Gasteiger partial charge in [-0.3, -0.25) is 20.4 Å². The Kier molecular flexibility index (Phi) is 3.79. The first-order valence-corrected chi connectivity index (χ1v) is 2.16. The third-order valence-electron chi connectivity index (χ3n) is 0.510. The summed E-state index contributed by atoms with van der Waals surface area (Å²) in [6, 6.07) is 1.61. The maximum absolute atomic E-state index is 10.2. The molecule has 0 bridgehead atoms. The number of rotatable bonds is 3. The van der Waals surface area contributed by atoms with E-state index < -0.39 is 5.91 Å². The van der Waals surface area contributed by atoms with Crippen LogP contribution in [0.15, 0.2) is 0 Å². The molecule has 0 spiro atoms. The molecule has 5 nitrogen and oxygen atoms in total. The molecule has 0 radical (unpaired) electrons. The molecule has 9 heavy (non-hydrogen) atoms.